The number of anilines is 1. The highest BCUT2D eigenvalue weighted by Crippen LogP contribution is 2.17. The van der Waals surface area contributed by atoms with Gasteiger partial charge in [-0.15, -0.1) is 0 Å². The summed E-state index contributed by atoms with van der Waals surface area (Å²) >= 11 is 1.27. The largest absolute Gasteiger partial charge is 0.394 e. The van der Waals surface area contributed by atoms with E-state index in [4.69, 9.17) is 5.11 Å². The minimum absolute atomic E-state index is 0.284. The molecule has 2 heterocycles. The van der Waals surface area contributed by atoms with Crippen molar-refractivity contribution in [2.24, 2.45) is 0 Å². The summed E-state index contributed by atoms with van der Waals surface area (Å²) in [5.74, 6) is 1.26. The second-order valence-electron chi connectivity index (χ2n) is 4.29. The molecule has 0 fully saturated rings. The highest BCUT2D eigenvalue weighted by atomic mass is 32.2. The molecular formula is C12H18N6O2S. The molecule has 1 unspecified atom stereocenters. The Labute approximate surface area is 126 Å². The second kappa shape index (κ2) is 7.91. The van der Waals surface area contributed by atoms with Crippen molar-refractivity contribution in [3.8, 4) is 5.95 Å². The molecule has 0 aliphatic heterocycles. The molecule has 2 aromatic rings. The number of aromatic nitrogens is 5. The van der Waals surface area contributed by atoms with E-state index in [1.165, 1.54) is 11.8 Å². The molecule has 0 aliphatic carbocycles. The number of nitrogens with zero attached hydrogens (tertiary/aromatic N) is 5. The zero-order chi connectivity index (χ0) is 15.1. The molecule has 0 amide bonds. The lowest BCUT2D eigenvalue weighted by Crippen LogP contribution is -2.15. The van der Waals surface area contributed by atoms with Crippen LogP contribution in [0.4, 0.5) is 5.95 Å². The molecule has 0 aromatic carbocycles. The first-order valence-corrected chi connectivity index (χ1v) is 7.61. The van der Waals surface area contributed by atoms with Crippen molar-refractivity contribution < 1.29 is 10.2 Å². The third kappa shape index (κ3) is 4.66. The highest BCUT2D eigenvalue weighted by molar-refractivity contribution is 7.99. The van der Waals surface area contributed by atoms with Crippen LogP contribution >= 0.6 is 11.8 Å². The molecule has 9 heteroatoms. The minimum atomic E-state index is -0.796. The van der Waals surface area contributed by atoms with Crippen molar-refractivity contribution in [1.82, 2.24) is 24.5 Å². The van der Waals surface area contributed by atoms with Crippen LogP contribution in [0.1, 0.15) is 13.3 Å². The zero-order valence-electron chi connectivity index (χ0n) is 11.7. The van der Waals surface area contributed by atoms with Crippen LogP contribution in [0.3, 0.4) is 0 Å². The van der Waals surface area contributed by atoms with Crippen molar-refractivity contribution in [1.29, 1.82) is 0 Å². The molecule has 0 spiro atoms. The summed E-state index contributed by atoms with van der Waals surface area (Å²) in [6.45, 7) is 2.53. The van der Waals surface area contributed by atoms with Crippen LogP contribution in [-0.2, 0) is 0 Å². The molecule has 21 heavy (non-hydrogen) atoms. The number of nitrogens with one attached hydrogen (secondary N) is 1. The molecule has 0 aliphatic rings. The Morgan fingerprint density at radius 3 is 2.90 bits per heavy atom. The van der Waals surface area contributed by atoms with Gasteiger partial charge in [0.15, 0.2) is 5.16 Å². The summed E-state index contributed by atoms with van der Waals surface area (Å²) in [6, 6.07) is 0. The van der Waals surface area contributed by atoms with Crippen molar-refractivity contribution in [3.63, 3.8) is 0 Å². The van der Waals surface area contributed by atoms with Crippen LogP contribution in [-0.4, -0.2) is 59.7 Å². The average Bonchev–Trinajstić information content (AvgIpc) is 3.04. The Bertz CT molecular complexity index is 551. The second-order valence-corrected chi connectivity index (χ2v) is 5.27. The summed E-state index contributed by atoms with van der Waals surface area (Å²) in [6.07, 6.45) is 5.16. The maximum absolute atomic E-state index is 9.41. The van der Waals surface area contributed by atoms with Gasteiger partial charge in [0, 0.05) is 24.7 Å². The van der Waals surface area contributed by atoms with Gasteiger partial charge in [0.25, 0.3) is 0 Å². The predicted octanol–water partition coefficient (Wildman–Crippen LogP) is 0.324. The maximum atomic E-state index is 9.41. The fourth-order valence-electron chi connectivity index (χ4n) is 1.44. The zero-order valence-corrected chi connectivity index (χ0v) is 12.5. The van der Waals surface area contributed by atoms with Gasteiger partial charge in [-0.3, -0.25) is 4.57 Å². The first-order valence-electron chi connectivity index (χ1n) is 6.63. The van der Waals surface area contributed by atoms with Crippen molar-refractivity contribution >= 4 is 17.7 Å². The molecule has 0 bridgehead atoms. The normalized spacial score (nSPS) is 12.3. The first kappa shape index (κ1) is 15.7. The van der Waals surface area contributed by atoms with Crippen molar-refractivity contribution in [2.45, 2.75) is 24.6 Å². The third-order valence-corrected chi connectivity index (χ3v) is 3.48. The lowest BCUT2D eigenvalue weighted by molar-refractivity contribution is 0.113. The van der Waals surface area contributed by atoms with Crippen LogP contribution in [0.25, 0.3) is 5.95 Å². The van der Waals surface area contributed by atoms with Gasteiger partial charge in [-0.25, -0.2) is 4.98 Å². The third-order valence-electron chi connectivity index (χ3n) is 2.49. The van der Waals surface area contributed by atoms with E-state index >= 15 is 0 Å². The van der Waals surface area contributed by atoms with Gasteiger partial charge in [-0.2, -0.15) is 15.0 Å². The van der Waals surface area contributed by atoms with Crippen LogP contribution in [0.5, 0.6) is 0 Å². The number of hydrogen-bond acceptors (Lipinski definition) is 8. The highest BCUT2D eigenvalue weighted by Gasteiger charge is 2.10. The van der Waals surface area contributed by atoms with Gasteiger partial charge in [0.1, 0.15) is 6.33 Å². The first-order chi connectivity index (χ1) is 10.2. The number of aliphatic hydroxyl groups is 2. The van der Waals surface area contributed by atoms with Gasteiger partial charge in [-0.05, 0) is 6.42 Å². The smallest absolute Gasteiger partial charge is 0.240 e. The summed E-state index contributed by atoms with van der Waals surface area (Å²) in [5.41, 5.74) is 0. The van der Waals surface area contributed by atoms with E-state index in [0.717, 1.165) is 13.0 Å². The Balaban J connectivity index is 2.20. The molecule has 0 radical (unpaired) electrons. The van der Waals surface area contributed by atoms with Crippen LogP contribution < -0.4 is 5.32 Å². The minimum Gasteiger partial charge on any atom is -0.394 e. The van der Waals surface area contributed by atoms with Gasteiger partial charge in [-0.1, -0.05) is 18.7 Å². The molecule has 1 atom stereocenters. The Morgan fingerprint density at radius 1 is 1.38 bits per heavy atom. The summed E-state index contributed by atoms with van der Waals surface area (Å²) in [7, 11) is 0. The van der Waals surface area contributed by atoms with Gasteiger partial charge in [0.2, 0.25) is 11.9 Å². The van der Waals surface area contributed by atoms with E-state index in [1.807, 2.05) is 0 Å². The van der Waals surface area contributed by atoms with E-state index < -0.39 is 6.10 Å². The summed E-state index contributed by atoms with van der Waals surface area (Å²) < 4.78 is 1.69. The van der Waals surface area contributed by atoms with Crippen LogP contribution in [0, 0.1) is 0 Å². The maximum Gasteiger partial charge on any atom is 0.240 e. The van der Waals surface area contributed by atoms with E-state index in [2.05, 4.69) is 32.2 Å². The SMILES string of the molecule is CCCNc1nc(SCC(O)CO)nc(-n2ccnc2)n1. The lowest BCUT2D eigenvalue weighted by Gasteiger charge is -2.09. The van der Waals surface area contributed by atoms with Crippen molar-refractivity contribution in [3.05, 3.63) is 18.7 Å². The molecule has 0 saturated carbocycles. The van der Waals surface area contributed by atoms with Crippen LogP contribution in [0.2, 0.25) is 0 Å². The van der Waals surface area contributed by atoms with E-state index in [-0.39, 0.29) is 6.61 Å². The van der Waals surface area contributed by atoms with E-state index in [9.17, 15) is 5.11 Å². The average molecular weight is 310 g/mol. The fourth-order valence-corrected chi connectivity index (χ4v) is 2.19. The fraction of sp³-hybridized carbons (Fsp3) is 0.500. The standard InChI is InChI=1S/C12H18N6O2S/c1-2-3-14-10-15-11(18-5-4-13-8-18)17-12(16-10)21-7-9(20)6-19/h4-5,8-9,19-20H,2-3,6-7H2,1H3,(H,14,15,16,17). The van der Waals surface area contributed by atoms with Gasteiger partial charge < -0.3 is 15.5 Å². The molecule has 3 N–H and O–H groups in total. The van der Waals surface area contributed by atoms with Gasteiger partial charge in [0.05, 0.1) is 12.7 Å². The summed E-state index contributed by atoms with van der Waals surface area (Å²) in [5, 5.41) is 21.9. The Hall–Kier alpha value is -1.71. The van der Waals surface area contributed by atoms with Crippen molar-refractivity contribution in [2.75, 3.05) is 24.2 Å². The molecule has 0 saturated heterocycles. The van der Waals surface area contributed by atoms with E-state index in [1.54, 1.807) is 23.3 Å². The topological polar surface area (TPSA) is 109 Å². The number of rotatable bonds is 8. The molecule has 8 nitrogen and oxygen atoms in total. The van der Waals surface area contributed by atoms with Crippen LogP contribution in [0.15, 0.2) is 23.9 Å². The number of aliphatic hydroxyl groups excluding tert-OH is 2. The summed E-state index contributed by atoms with van der Waals surface area (Å²) in [4.78, 5) is 16.9. The quantitative estimate of drug-likeness (QED) is 0.598. The number of imidazole rings is 1. The Kier molecular flexibility index (Phi) is 5.90. The van der Waals surface area contributed by atoms with E-state index in [0.29, 0.717) is 22.8 Å². The monoisotopic (exact) mass is 310 g/mol. The Morgan fingerprint density at radius 2 is 2.24 bits per heavy atom. The van der Waals surface area contributed by atoms with Gasteiger partial charge >= 0.3 is 0 Å². The molecule has 114 valence electrons. The number of hydrogen-bond donors (Lipinski definition) is 3. The molecular weight excluding hydrogens is 292 g/mol. The number of thioether (sulfide) groups is 1. The molecule has 2 aromatic heterocycles. The predicted molar refractivity (Wildman–Crippen MR) is 79.5 cm³/mol. The molecule has 2 rings (SSSR count). The lowest BCUT2D eigenvalue weighted by atomic mass is 10.4.